The highest BCUT2D eigenvalue weighted by atomic mass is 19.1. The lowest BCUT2D eigenvalue weighted by Gasteiger charge is -2.30. The Morgan fingerprint density at radius 3 is 2.95 bits per heavy atom. The number of hydrogen-bond donors (Lipinski definition) is 1. The second-order valence-electron chi connectivity index (χ2n) is 5.46. The summed E-state index contributed by atoms with van der Waals surface area (Å²) in [5, 5.41) is 0. The molecular formula is C15H23FN2O. The van der Waals surface area contributed by atoms with Crippen molar-refractivity contribution < 1.29 is 9.13 Å². The van der Waals surface area contributed by atoms with Crippen LogP contribution in [0, 0.1) is 11.7 Å². The van der Waals surface area contributed by atoms with Crippen LogP contribution in [-0.2, 0) is 4.74 Å². The monoisotopic (exact) mass is 266 g/mol. The fraction of sp³-hybridized carbons (Fsp3) is 0.600. The van der Waals surface area contributed by atoms with Gasteiger partial charge in [-0.1, -0.05) is 0 Å². The zero-order valence-corrected chi connectivity index (χ0v) is 11.7. The van der Waals surface area contributed by atoms with Crippen molar-refractivity contribution in [2.24, 2.45) is 11.7 Å². The van der Waals surface area contributed by atoms with Gasteiger partial charge in [0.1, 0.15) is 5.82 Å². The number of benzene rings is 1. The van der Waals surface area contributed by atoms with Crippen molar-refractivity contribution in [3.8, 4) is 0 Å². The molecule has 0 bridgehead atoms. The molecule has 0 spiro atoms. The van der Waals surface area contributed by atoms with E-state index in [4.69, 9.17) is 10.5 Å². The quantitative estimate of drug-likeness (QED) is 0.910. The first-order valence-electron chi connectivity index (χ1n) is 6.92. The molecule has 1 aliphatic heterocycles. The average Bonchev–Trinajstić information content (AvgIpc) is 2.39. The molecule has 2 rings (SSSR count). The Hall–Kier alpha value is -1.13. The lowest BCUT2D eigenvalue weighted by atomic mass is 10.00. The number of rotatable bonds is 4. The summed E-state index contributed by atoms with van der Waals surface area (Å²) in [4.78, 5) is 2.16. The maximum absolute atomic E-state index is 13.3. The van der Waals surface area contributed by atoms with E-state index in [0.717, 1.165) is 37.4 Å². The van der Waals surface area contributed by atoms with E-state index in [0.29, 0.717) is 5.92 Å². The third-order valence-electron chi connectivity index (χ3n) is 3.68. The molecule has 1 unspecified atom stereocenters. The number of anilines is 1. The number of nitrogens with two attached hydrogens (primary N) is 1. The van der Waals surface area contributed by atoms with Gasteiger partial charge in [0.15, 0.2) is 0 Å². The lowest BCUT2D eigenvalue weighted by Crippen LogP contribution is -2.31. The predicted octanol–water partition coefficient (Wildman–Crippen LogP) is 2.71. The van der Waals surface area contributed by atoms with Crippen LogP contribution in [0.3, 0.4) is 0 Å². The largest absolute Gasteiger partial charge is 0.381 e. The molecule has 1 aromatic carbocycles. The third kappa shape index (κ3) is 3.67. The predicted molar refractivity (Wildman–Crippen MR) is 75.8 cm³/mol. The van der Waals surface area contributed by atoms with Crippen LogP contribution in [0.2, 0.25) is 0 Å². The highest BCUT2D eigenvalue weighted by Crippen LogP contribution is 2.27. The van der Waals surface area contributed by atoms with E-state index in [-0.39, 0.29) is 11.9 Å². The SMILES string of the molecule is C[C@@H](N)c1cc(F)ccc1N(C)CC1CCCOC1. The van der Waals surface area contributed by atoms with Crippen LogP contribution in [0.25, 0.3) is 0 Å². The summed E-state index contributed by atoms with van der Waals surface area (Å²) in [5.74, 6) is 0.315. The van der Waals surface area contributed by atoms with Crippen molar-refractivity contribution in [2.45, 2.75) is 25.8 Å². The molecule has 1 fully saturated rings. The first kappa shape index (κ1) is 14.3. The molecule has 0 saturated carbocycles. The molecular weight excluding hydrogens is 243 g/mol. The van der Waals surface area contributed by atoms with Crippen LogP contribution in [-0.4, -0.2) is 26.8 Å². The van der Waals surface area contributed by atoms with Gasteiger partial charge < -0.3 is 15.4 Å². The molecule has 2 atom stereocenters. The van der Waals surface area contributed by atoms with E-state index in [1.54, 1.807) is 0 Å². The van der Waals surface area contributed by atoms with Crippen molar-refractivity contribution >= 4 is 5.69 Å². The smallest absolute Gasteiger partial charge is 0.123 e. The molecule has 19 heavy (non-hydrogen) atoms. The minimum atomic E-state index is -0.231. The minimum Gasteiger partial charge on any atom is -0.381 e. The minimum absolute atomic E-state index is 0.171. The summed E-state index contributed by atoms with van der Waals surface area (Å²) in [6.45, 7) is 4.50. The highest BCUT2D eigenvalue weighted by Gasteiger charge is 2.18. The van der Waals surface area contributed by atoms with Crippen LogP contribution >= 0.6 is 0 Å². The average molecular weight is 266 g/mol. The molecule has 1 heterocycles. The van der Waals surface area contributed by atoms with Crippen molar-refractivity contribution in [2.75, 3.05) is 31.7 Å². The van der Waals surface area contributed by atoms with Gasteiger partial charge in [-0.2, -0.15) is 0 Å². The number of ether oxygens (including phenoxy) is 1. The van der Waals surface area contributed by atoms with Gasteiger partial charge >= 0.3 is 0 Å². The van der Waals surface area contributed by atoms with Crippen LogP contribution < -0.4 is 10.6 Å². The Labute approximate surface area is 114 Å². The van der Waals surface area contributed by atoms with Crippen LogP contribution in [0.15, 0.2) is 18.2 Å². The van der Waals surface area contributed by atoms with Gasteiger partial charge in [0.05, 0.1) is 6.61 Å². The van der Waals surface area contributed by atoms with E-state index in [1.807, 2.05) is 20.0 Å². The fourth-order valence-corrected chi connectivity index (χ4v) is 2.67. The van der Waals surface area contributed by atoms with Crippen molar-refractivity contribution in [1.29, 1.82) is 0 Å². The van der Waals surface area contributed by atoms with Gasteiger partial charge in [-0.05, 0) is 49.4 Å². The molecule has 0 radical (unpaired) electrons. The second-order valence-corrected chi connectivity index (χ2v) is 5.46. The number of nitrogens with zero attached hydrogens (tertiary/aromatic N) is 1. The van der Waals surface area contributed by atoms with Gasteiger partial charge in [-0.3, -0.25) is 0 Å². The van der Waals surface area contributed by atoms with E-state index in [1.165, 1.54) is 18.6 Å². The van der Waals surface area contributed by atoms with E-state index in [2.05, 4.69) is 4.90 Å². The topological polar surface area (TPSA) is 38.5 Å². The lowest BCUT2D eigenvalue weighted by molar-refractivity contribution is 0.0576. The Kier molecular flexibility index (Phi) is 4.77. The van der Waals surface area contributed by atoms with Crippen molar-refractivity contribution in [1.82, 2.24) is 0 Å². The Bertz CT molecular complexity index is 417. The maximum Gasteiger partial charge on any atom is 0.123 e. The maximum atomic E-state index is 13.3. The standard InChI is InChI=1S/C15H23FN2O/c1-11(17)14-8-13(16)5-6-15(14)18(2)9-12-4-3-7-19-10-12/h5-6,8,11-12H,3-4,7,9-10,17H2,1-2H3/t11-,12?/m1/s1. The normalized spacial score (nSPS) is 21.2. The van der Waals surface area contributed by atoms with Crippen molar-refractivity contribution in [3.05, 3.63) is 29.6 Å². The Morgan fingerprint density at radius 2 is 2.32 bits per heavy atom. The van der Waals surface area contributed by atoms with Crippen LogP contribution in [0.5, 0.6) is 0 Å². The van der Waals surface area contributed by atoms with E-state index in [9.17, 15) is 4.39 Å². The molecule has 4 heteroatoms. The first-order valence-corrected chi connectivity index (χ1v) is 6.92. The molecule has 106 valence electrons. The molecule has 0 aliphatic carbocycles. The summed E-state index contributed by atoms with van der Waals surface area (Å²) in [7, 11) is 2.04. The van der Waals surface area contributed by atoms with Gasteiger partial charge in [-0.15, -0.1) is 0 Å². The van der Waals surface area contributed by atoms with Crippen LogP contribution in [0.1, 0.15) is 31.4 Å². The summed E-state index contributed by atoms with van der Waals surface area (Å²) in [5.41, 5.74) is 7.81. The molecule has 1 aromatic rings. The highest BCUT2D eigenvalue weighted by molar-refractivity contribution is 5.54. The van der Waals surface area contributed by atoms with Gasteiger partial charge in [-0.25, -0.2) is 4.39 Å². The number of hydrogen-bond acceptors (Lipinski definition) is 3. The van der Waals surface area contributed by atoms with Gasteiger partial charge in [0.25, 0.3) is 0 Å². The summed E-state index contributed by atoms with van der Waals surface area (Å²) in [6.07, 6.45) is 2.32. The zero-order chi connectivity index (χ0) is 13.8. The first-order chi connectivity index (χ1) is 9.08. The number of halogens is 1. The molecule has 1 aliphatic rings. The molecule has 1 saturated heterocycles. The van der Waals surface area contributed by atoms with E-state index >= 15 is 0 Å². The summed E-state index contributed by atoms with van der Waals surface area (Å²) < 4.78 is 18.8. The van der Waals surface area contributed by atoms with Crippen LogP contribution in [0.4, 0.5) is 10.1 Å². The third-order valence-corrected chi connectivity index (χ3v) is 3.68. The Morgan fingerprint density at radius 1 is 1.53 bits per heavy atom. The fourth-order valence-electron chi connectivity index (χ4n) is 2.67. The molecule has 0 aromatic heterocycles. The second kappa shape index (κ2) is 6.35. The van der Waals surface area contributed by atoms with Crippen molar-refractivity contribution in [3.63, 3.8) is 0 Å². The molecule has 2 N–H and O–H groups in total. The van der Waals surface area contributed by atoms with Gasteiger partial charge in [0, 0.05) is 31.9 Å². The zero-order valence-electron chi connectivity index (χ0n) is 11.7. The molecule has 0 amide bonds. The van der Waals surface area contributed by atoms with Gasteiger partial charge in [0.2, 0.25) is 0 Å². The van der Waals surface area contributed by atoms with E-state index < -0.39 is 0 Å². The Balaban J connectivity index is 2.11. The summed E-state index contributed by atoms with van der Waals surface area (Å²) in [6, 6.07) is 4.68. The molecule has 3 nitrogen and oxygen atoms in total. The summed E-state index contributed by atoms with van der Waals surface area (Å²) >= 11 is 0.